The molecule has 0 bridgehead atoms. The van der Waals surface area contributed by atoms with Crippen LogP contribution in [-0.4, -0.2) is 33.6 Å². The molecular weight excluding hydrogens is 443 g/mol. The van der Waals surface area contributed by atoms with Crippen LogP contribution in [0.5, 0.6) is 0 Å². The van der Waals surface area contributed by atoms with E-state index in [0.29, 0.717) is 25.8 Å². The standard InChI is InChI=1S/C28H33FN4O2/c1-4-21-16-25-20(18-31-33(25)23-13-11-22(29)12-14-23)17-28(21,3)26(34)15-10-19-8-6-7-9-24(19)32-27(35)30-5-2/h6-9,11-14,16,18,26,34H,4-5,10,15,17H2,1-3H3,(H2,30,32,35)/t26-,28?/m0/s1. The maximum absolute atomic E-state index is 13.4. The van der Waals surface area contributed by atoms with E-state index in [1.54, 1.807) is 12.1 Å². The number of aromatic nitrogens is 2. The molecule has 184 valence electrons. The van der Waals surface area contributed by atoms with Gasteiger partial charge in [0.1, 0.15) is 5.82 Å². The summed E-state index contributed by atoms with van der Waals surface area (Å²) in [5, 5.41) is 21.6. The molecule has 7 heteroatoms. The Morgan fingerprint density at radius 3 is 2.66 bits per heavy atom. The first-order valence-corrected chi connectivity index (χ1v) is 12.2. The van der Waals surface area contributed by atoms with E-state index in [1.165, 1.54) is 12.1 Å². The number of rotatable bonds is 8. The summed E-state index contributed by atoms with van der Waals surface area (Å²) in [5.41, 5.74) is 5.33. The average molecular weight is 477 g/mol. The van der Waals surface area contributed by atoms with Crippen molar-refractivity contribution in [2.24, 2.45) is 5.41 Å². The molecule has 1 heterocycles. The fraction of sp³-hybridized carbons (Fsp3) is 0.357. The van der Waals surface area contributed by atoms with Crippen LogP contribution in [0.25, 0.3) is 11.8 Å². The number of benzene rings is 2. The number of hydrogen-bond acceptors (Lipinski definition) is 3. The number of aryl methyl sites for hydroxylation is 1. The van der Waals surface area contributed by atoms with Gasteiger partial charge in [-0.3, -0.25) is 0 Å². The number of urea groups is 1. The summed E-state index contributed by atoms with van der Waals surface area (Å²) in [5.74, 6) is -0.280. The van der Waals surface area contributed by atoms with Crippen molar-refractivity contribution < 1.29 is 14.3 Å². The highest BCUT2D eigenvalue weighted by molar-refractivity contribution is 5.90. The van der Waals surface area contributed by atoms with E-state index in [2.05, 4.69) is 35.7 Å². The average Bonchev–Trinajstić information content (AvgIpc) is 3.25. The fourth-order valence-corrected chi connectivity index (χ4v) is 4.94. The van der Waals surface area contributed by atoms with Crippen molar-refractivity contribution in [1.29, 1.82) is 0 Å². The fourth-order valence-electron chi connectivity index (χ4n) is 4.94. The second kappa shape index (κ2) is 10.4. The van der Waals surface area contributed by atoms with Crippen molar-refractivity contribution in [3.8, 4) is 5.69 Å². The molecule has 0 fully saturated rings. The van der Waals surface area contributed by atoms with Gasteiger partial charge in [-0.15, -0.1) is 0 Å². The number of anilines is 1. The van der Waals surface area contributed by atoms with Gasteiger partial charge < -0.3 is 15.7 Å². The van der Waals surface area contributed by atoms with Gasteiger partial charge >= 0.3 is 6.03 Å². The van der Waals surface area contributed by atoms with Crippen LogP contribution in [0.1, 0.15) is 50.4 Å². The number of nitrogens with one attached hydrogen (secondary N) is 2. The molecule has 1 aromatic heterocycles. The summed E-state index contributed by atoms with van der Waals surface area (Å²) < 4.78 is 15.2. The topological polar surface area (TPSA) is 79.2 Å². The zero-order chi connectivity index (χ0) is 25.0. The minimum atomic E-state index is -0.575. The summed E-state index contributed by atoms with van der Waals surface area (Å²) in [7, 11) is 0. The molecule has 1 aliphatic carbocycles. The van der Waals surface area contributed by atoms with Gasteiger partial charge in [0.25, 0.3) is 0 Å². The molecule has 1 aliphatic rings. The van der Waals surface area contributed by atoms with Crippen LogP contribution >= 0.6 is 0 Å². The second-order valence-electron chi connectivity index (χ2n) is 9.26. The Morgan fingerprint density at radius 1 is 1.20 bits per heavy atom. The SMILES string of the molecule is CCNC(=O)Nc1ccccc1CC[C@H](O)C1(C)Cc2cnn(-c3ccc(F)cc3)c2C=C1CC. The molecule has 0 spiro atoms. The third-order valence-corrected chi connectivity index (χ3v) is 6.97. The van der Waals surface area contributed by atoms with E-state index in [4.69, 9.17) is 0 Å². The molecule has 3 N–H and O–H groups in total. The molecule has 0 saturated carbocycles. The van der Waals surface area contributed by atoms with Crippen LogP contribution in [0.15, 0.2) is 60.3 Å². The third kappa shape index (κ3) is 5.15. The first-order chi connectivity index (χ1) is 16.9. The third-order valence-electron chi connectivity index (χ3n) is 6.97. The number of hydrogen-bond donors (Lipinski definition) is 3. The summed E-state index contributed by atoms with van der Waals surface area (Å²) in [6.07, 6.45) is 6.07. The quantitative estimate of drug-likeness (QED) is 0.402. The first kappa shape index (κ1) is 24.7. The molecule has 4 rings (SSSR count). The van der Waals surface area contributed by atoms with Crippen molar-refractivity contribution >= 4 is 17.8 Å². The maximum Gasteiger partial charge on any atom is 0.319 e. The van der Waals surface area contributed by atoms with Crippen LogP contribution in [0.2, 0.25) is 0 Å². The van der Waals surface area contributed by atoms with Crippen molar-refractivity contribution in [1.82, 2.24) is 15.1 Å². The van der Waals surface area contributed by atoms with Crippen LogP contribution in [0, 0.1) is 11.2 Å². The van der Waals surface area contributed by atoms with Gasteiger partial charge in [0.05, 0.1) is 23.7 Å². The number of aliphatic hydroxyl groups excluding tert-OH is 1. The number of para-hydroxylation sites is 1. The molecule has 6 nitrogen and oxygen atoms in total. The van der Waals surface area contributed by atoms with Crippen LogP contribution in [0.4, 0.5) is 14.9 Å². The highest BCUT2D eigenvalue weighted by Crippen LogP contribution is 2.44. The Hall–Kier alpha value is -3.45. The predicted molar refractivity (Wildman–Crippen MR) is 137 cm³/mol. The lowest BCUT2D eigenvalue weighted by Gasteiger charge is -2.39. The number of halogens is 1. The smallest absolute Gasteiger partial charge is 0.319 e. The summed E-state index contributed by atoms with van der Waals surface area (Å²) in [6, 6.07) is 13.8. The van der Waals surface area contributed by atoms with E-state index >= 15 is 0 Å². The lowest BCUT2D eigenvalue weighted by atomic mass is 9.67. The lowest BCUT2D eigenvalue weighted by Crippen LogP contribution is -2.38. The minimum Gasteiger partial charge on any atom is -0.392 e. The van der Waals surface area contributed by atoms with Gasteiger partial charge in [0, 0.05) is 17.6 Å². The molecule has 0 saturated heterocycles. The first-order valence-electron chi connectivity index (χ1n) is 12.2. The van der Waals surface area contributed by atoms with Gasteiger partial charge in [-0.2, -0.15) is 5.10 Å². The highest BCUT2D eigenvalue weighted by Gasteiger charge is 2.40. The Kier molecular flexibility index (Phi) is 7.36. The van der Waals surface area contributed by atoms with Crippen molar-refractivity contribution in [2.75, 3.05) is 11.9 Å². The Bertz CT molecular complexity index is 1220. The number of aliphatic hydroxyl groups is 1. The second-order valence-corrected chi connectivity index (χ2v) is 9.26. The normalized spacial score (nSPS) is 17.9. The van der Waals surface area contributed by atoms with E-state index in [-0.39, 0.29) is 11.8 Å². The molecule has 2 atom stereocenters. The van der Waals surface area contributed by atoms with Gasteiger partial charge in [-0.05, 0) is 80.1 Å². The van der Waals surface area contributed by atoms with E-state index in [0.717, 1.165) is 40.2 Å². The summed E-state index contributed by atoms with van der Waals surface area (Å²) >= 11 is 0. The van der Waals surface area contributed by atoms with Gasteiger partial charge in [-0.1, -0.05) is 37.6 Å². The number of carbonyl (C=O) groups is 1. The van der Waals surface area contributed by atoms with E-state index in [1.807, 2.05) is 42.1 Å². The molecule has 1 unspecified atom stereocenters. The zero-order valence-electron chi connectivity index (χ0n) is 20.5. The number of fused-ring (bicyclic) bond motifs is 1. The predicted octanol–water partition coefficient (Wildman–Crippen LogP) is 5.50. The Balaban J connectivity index is 1.53. The summed E-state index contributed by atoms with van der Waals surface area (Å²) in [4.78, 5) is 12.0. The molecule has 3 aromatic rings. The van der Waals surface area contributed by atoms with Crippen molar-refractivity contribution in [2.45, 2.75) is 52.6 Å². The monoisotopic (exact) mass is 476 g/mol. The zero-order valence-corrected chi connectivity index (χ0v) is 20.5. The maximum atomic E-state index is 13.4. The largest absolute Gasteiger partial charge is 0.392 e. The summed E-state index contributed by atoms with van der Waals surface area (Å²) in [6.45, 7) is 6.65. The van der Waals surface area contributed by atoms with E-state index < -0.39 is 11.5 Å². The van der Waals surface area contributed by atoms with Gasteiger partial charge in [0.15, 0.2) is 0 Å². The van der Waals surface area contributed by atoms with Crippen molar-refractivity contribution in [3.05, 3.63) is 82.9 Å². The molecule has 2 amide bonds. The Labute approximate surface area is 205 Å². The molecule has 2 aromatic carbocycles. The molecule has 0 radical (unpaired) electrons. The van der Waals surface area contributed by atoms with Gasteiger partial charge in [-0.25, -0.2) is 13.9 Å². The lowest BCUT2D eigenvalue weighted by molar-refractivity contribution is 0.0532. The van der Waals surface area contributed by atoms with Gasteiger partial charge in [0.2, 0.25) is 0 Å². The van der Waals surface area contributed by atoms with Crippen molar-refractivity contribution in [3.63, 3.8) is 0 Å². The molecule has 0 aliphatic heterocycles. The molecule has 35 heavy (non-hydrogen) atoms. The van der Waals surface area contributed by atoms with Crippen LogP contribution in [0.3, 0.4) is 0 Å². The Morgan fingerprint density at radius 2 is 1.94 bits per heavy atom. The number of nitrogens with zero attached hydrogens (tertiary/aromatic N) is 2. The number of amides is 2. The van der Waals surface area contributed by atoms with Crippen LogP contribution in [-0.2, 0) is 12.8 Å². The highest BCUT2D eigenvalue weighted by atomic mass is 19.1. The number of carbonyl (C=O) groups excluding carboxylic acids is 1. The minimum absolute atomic E-state index is 0.235. The molecular formula is C28H33FN4O2. The van der Waals surface area contributed by atoms with Crippen LogP contribution < -0.4 is 10.6 Å². The van der Waals surface area contributed by atoms with E-state index in [9.17, 15) is 14.3 Å².